The molecular formula is C9H12F2N2O2. The average Bonchev–Trinajstić information content (AvgIpc) is 2.61. The average molecular weight is 218 g/mol. The van der Waals surface area contributed by atoms with Gasteiger partial charge in [-0.1, -0.05) is 0 Å². The summed E-state index contributed by atoms with van der Waals surface area (Å²) >= 11 is 0. The van der Waals surface area contributed by atoms with Crippen LogP contribution in [0, 0.1) is 6.92 Å². The van der Waals surface area contributed by atoms with Crippen molar-refractivity contribution in [1.82, 2.24) is 5.32 Å². The zero-order valence-corrected chi connectivity index (χ0v) is 8.22. The summed E-state index contributed by atoms with van der Waals surface area (Å²) < 4.78 is 30.2. The number of hydrogen-bond donors (Lipinski definition) is 2. The van der Waals surface area contributed by atoms with Gasteiger partial charge in [-0.25, -0.2) is 8.78 Å². The largest absolute Gasteiger partial charge is 0.459 e. The summed E-state index contributed by atoms with van der Waals surface area (Å²) in [6.07, 6.45) is 1.32. The monoisotopic (exact) mass is 218 g/mol. The first-order valence-corrected chi connectivity index (χ1v) is 4.36. The normalized spacial score (nSPS) is 11.5. The number of halogens is 2. The van der Waals surface area contributed by atoms with E-state index >= 15 is 0 Å². The fourth-order valence-corrected chi connectivity index (χ4v) is 0.967. The van der Waals surface area contributed by atoms with E-state index in [4.69, 9.17) is 10.2 Å². The molecular weight excluding hydrogens is 206 g/mol. The number of amides is 1. The minimum atomic E-state index is -3.09. The molecule has 0 aliphatic carbocycles. The number of carbonyl (C=O) groups is 1. The van der Waals surface area contributed by atoms with E-state index in [1.807, 2.05) is 0 Å². The Morgan fingerprint density at radius 3 is 2.80 bits per heavy atom. The van der Waals surface area contributed by atoms with Crippen molar-refractivity contribution in [3.8, 4) is 0 Å². The minimum Gasteiger partial charge on any atom is -0.459 e. The Kier molecular flexibility index (Phi) is 3.41. The number of nitrogens with one attached hydrogen (secondary N) is 1. The molecule has 0 atom stereocenters. The zero-order valence-electron chi connectivity index (χ0n) is 8.22. The number of alkyl halides is 2. The van der Waals surface area contributed by atoms with Crippen molar-refractivity contribution >= 4 is 5.91 Å². The molecule has 1 aromatic heterocycles. The van der Waals surface area contributed by atoms with Crippen LogP contribution in [-0.2, 0) is 0 Å². The first kappa shape index (κ1) is 11.6. The Bertz CT molecular complexity index is 350. The lowest BCUT2D eigenvalue weighted by atomic mass is 10.2. The molecule has 0 radical (unpaired) electrons. The Morgan fingerprint density at radius 2 is 2.33 bits per heavy atom. The molecule has 1 heterocycles. The minimum absolute atomic E-state index is 0.0443. The lowest BCUT2D eigenvalue weighted by molar-refractivity contribution is 0.0115. The topological polar surface area (TPSA) is 68.3 Å². The van der Waals surface area contributed by atoms with Gasteiger partial charge in [0.2, 0.25) is 0 Å². The van der Waals surface area contributed by atoms with Crippen LogP contribution < -0.4 is 11.1 Å². The predicted molar refractivity (Wildman–Crippen MR) is 49.8 cm³/mol. The highest BCUT2D eigenvalue weighted by molar-refractivity contribution is 5.92. The highest BCUT2D eigenvalue weighted by atomic mass is 19.3. The van der Waals surface area contributed by atoms with E-state index in [9.17, 15) is 13.6 Å². The molecule has 84 valence electrons. The van der Waals surface area contributed by atoms with Gasteiger partial charge in [0.1, 0.15) is 0 Å². The van der Waals surface area contributed by atoms with E-state index in [2.05, 4.69) is 5.32 Å². The molecule has 0 saturated carbocycles. The molecule has 0 aliphatic heterocycles. The lowest BCUT2D eigenvalue weighted by Crippen LogP contribution is -2.41. The van der Waals surface area contributed by atoms with Gasteiger partial charge in [0.15, 0.2) is 5.76 Å². The van der Waals surface area contributed by atoms with E-state index in [1.54, 1.807) is 13.0 Å². The zero-order chi connectivity index (χ0) is 11.5. The van der Waals surface area contributed by atoms with Gasteiger partial charge in [-0.15, -0.1) is 0 Å². The number of aryl methyl sites for hydroxylation is 1. The van der Waals surface area contributed by atoms with Crippen molar-refractivity contribution in [2.24, 2.45) is 5.73 Å². The van der Waals surface area contributed by atoms with E-state index in [1.165, 1.54) is 6.26 Å². The second-order valence-corrected chi connectivity index (χ2v) is 3.18. The molecule has 3 N–H and O–H groups in total. The van der Waals surface area contributed by atoms with Crippen molar-refractivity contribution in [1.29, 1.82) is 0 Å². The third kappa shape index (κ3) is 3.02. The SMILES string of the molecule is Cc1ccoc1C(=O)NCC(F)(F)CN. The summed E-state index contributed by atoms with van der Waals surface area (Å²) in [5.41, 5.74) is 5.42. The van der Waals surface area contributed by atoms with Crippen LogP contribution in [-0.4, -0.2) is 24.9 Å². The van der Waals surface area contributed by atoms with Crippen LogP contribution in [0.1, 0.15) is 16.1 Å². The van der Waals surface area contributed by atoms with E-state index in [0.717, 1.165) is 0 Å². The van der Waals surface area contributed by atoms with Crippen LogP contribution in [0.4, 0.5) is 8.78 Å². The third-order valence-corrected chi connectivity index (χ3v) is 1.87. The Labute approximate surface area is 85.4 Å². The molecule has 1 amide bonds. The van der Waals surface area contributed by atoms with Gasteiger partial charge < -0.3 is 15.5 Å². The third-order valence-electron chi connectivity index (χ3n) is 1.87. The maximum atomic E-state index is 12.7. The molecule has 4 nitrogen and oxygen atoms in total. The molecule has 0 aliphatic rings. The van der Waals surface area contributed by atoms with Crippen LogP contribution in [0.2, 0.25) is 0 Å². The molecule has 0 saturated heterocycles. The first-order valence-electron chi connectivity index (χ1n) is 4.36. The smallest absolute Gasteiger partial charge is 0.287 e. The van der Waals surface area contributed by atoms with Gasteiger partial charge in [-0.2, -0.15) is 0 Å². The molecule has 0 fully saturated rings. The molecule has 1 rings (SSSR count). The highest BCUT2D eigenvalue weighted by Crippen LogP contribution is 2.11. The van der Waals surface area contributed by atoms with Crippen LogP contribution in [0.3, 0.4) is 0 Å². The van der Waals surface area contributed by atoms with Gasteiger partial charge in [-0.3, -0.25) is 4.79 Å². The van der Waals surface area contributed by atoms with Crippen LogP contribution >= 0.6 is 0 Å². The van der Waals surface area contributed by atoms with E-state index in [-0.39, 0.29) is 5.76 Å². The van der Waals surface area contributed by atoms with Crippen molar-refractivity contribution < 1.29 is 18.0 Å². The molecule has 0 spiro atoms. The molecule has 1 aromatic rings. The lowest BCUT2D eigenvalue weighted by Gasteiger charge is -2.13. The molecule has 15 heavy (non-hydrogen) atoms. The van der Waals surface area contributed by atoms with Gasteiger partial charge in [-0.05, 0) is 13.0 Å². The van der Waals surface area contributed by atoms with Crippen LogP contribution in [0.15, 0.2) is 16.7 Å². The summed E-state index contributed by atoms with van der Waals surface area (Å²) in [5, 5.41) is 2.05. The summed E-state index contributed by atoms with van der Waals surface area (Å²) in [5.74, 6) is -3.70. The summed E-state index contributed by atoms with van der Waals surface area (Å²) in [7, 11) is 0. The van der Waals surface area contributed by atoms with E-state index < -0.39 is 24.9 Å². The number of rotatable bonds is 4. The van der Waals surface area contributed by atoms with Gasteiger partial charge in [0, 0.05) is 5.56 Å². The number of carbonyl (C=O) groups excluding carboxylic acids is 1. The van der Waals surface area contributed by atoms with Crippen LogP contribution in [0.25, 0.3) is 0 Å². The maximum absolute atomic E-state index is 12.7. The van der Waals surface area contributed by atoms with Crippen molar-refractivity contribution in [3.05, 3.63) is 23.7 Å². The van der Waals surface area contributed by atoms with Crippen molar-refractivity contribution in [2.45, 2.75) is 12.8 Å². The molecule has 0 bridgehead atoms. The molecule has 0 unspecified atom stereocenters. The number of hydrogen-bond acceptors (Lipinski definition) is 3. The fraction of sp³-hybridized carbons (Fsp3) is 0.444. The molecule has 0 aromatic carbocycles. The van der Waals surface area contributed by atoms with Gasteiger partial charge >= 0.3 is 0 Å². The number of nitrogens with two attached hydrogens (primary N) is 1. The Morgan fingerprint density at radius 1 is 1.67 bits per heavy atom. The molecule has 6 heteroatoms. The standard InChI is InChI=1S/C9H12F2N2O2/c1-6-2-3-15-7(6)8(14)13-5-9(10,11)4-12/h2-3H,4-5,12H2,1H3,(H,13,14). The van der Waals surface area contributed by atoms with Crippen LogP contribution in [0.5, 0.6) is 0 Å². The van der Waals surface area contributed by atoms with Crippen molar-refractivity contribution in [3.63, 3.8) is 0 Å². The quantitative estimate of drug-likeness (QED) is 0.789. The fourth-order valence-electron chi connectivity index (χ4n) is 0.967. The Hall–Kier alpha value is -1.43. The van der Waals surface area contributed by atoms with E-state index in [0.29, 0.717) is 5.56 Å². The predicted octanol–water partition coefficient (Wildman–Crippen LogP) is 0.912. The summed E-state index contributed by atoms with van der Waals surface area (Å²) in [6.45, 7) is 0.0619. The second-order valence-electron chi connectivity index (χ2n) is 3.18. The summed E-state index contributed by atoms with van der Waals surface area (Å²) in [4.78, 5) is 11.3. The van der Waals surface area contributed by atoms with Gasteiger partial charge in [0.05, 0.1) is 19.4 Å². The van der Waals surface area contributed by atoms with Crippen molar-refractivity contribution in [2.75, 3.05) is 13.1 Å². The first-order chi connectivity index (χ1) is 6.96. The highest BCUT2D eigenvalue weighted by Gasteiger charge is 2.28. The van der Waals surface area contributed by atoms with Gasteiger partial charge in [0.25, 0.3) is 11.8 Å². The number of furan rings is 1. The second kappa shape index (κ2) is 4.39. The maximum Gasteiger partial charge on any atom is 0.287 e. The summed E-state index contributed by atoms with van der Waals surface area (Å²) in [6, 6.07) is 1.58. The Balaban J connectivity index is 2.55.